The van der Waals surface area contributed by atoms with Crippen molar-refractivity contribution in [1.29, 1.82) is 0 Å². The van der Waals surface area contributed by atoms with Crippen molar-refractivity contribution in [2.24, 2.45) is 11.1 Å². The maximum absolute atomic E-state index is 6.18. The molecule has 17 heavy (non-hydrogen) atoms. The molecule has 2 heterocycles. The van der Waals surface area contributed by atoms with Gasteiger partial charge in [0.25, 0.3) is 0 Å². The molecule has 2 saturated heterocycles. The highest BCUT2D eigenvalue weighted by atomic mass is 16.5. The molecule has 100 valence electrons. The number of rotatable bonds is 4. The summed E-state index contributed by atoms with van der Waals surface area (Å²) >= 11 is 0. The Morgan fingerprint density at radius 2 is 2.24 bits per heavy atom. The Morgan fingerprint density at radius 3 is 2.82 bits per heavy atom. The standard InChI is InChI=1S/C13H27N3O/c1-13(10-17-8-12(13)14)9-16-6-4-5-11(16)7-15(2)3/h11-12H,4-10,14H2,1-3H3. The average molecular weight is 241 g/mol. The molecule has 4 nitrogen and oxygen atoms in total. The van der Waals surface area contributed by atoms with E-state index in [4.69, 9.17) is 10.5 Å². The summed E-state index contributed by atoms with van der Waals surface area (Å²) in [4.78, 5) is 4.91. The summed E-state index contributed by atoms with van der Waals surface area (Å²) < 4.78 is 5.54. The molecule has 3 unspecified atom stereocenters. The van der Waals surface area contributed by atoms with Crippen molar-refractivity contribution >= 4 is 0 Å². The molecule has 2 rings (SSSR count). The van der Waals surface area contributed by atoms with E-state index >= 15 is 0 Å². The minimum Gasteiger partial charge on any atom is -0.379 e. The summed E-state index contributed by atoms with van der Waals surface area (Å²) in [5, 5.41) is 0. The van der Waals surface area contributed by atoms with Gasteiger partial charge in [0.2, 0.25) is 0 Å². The minimum absolute atomic E-state index is 0.148. The molecule has 0 radical (unpaired) electrons. The van der Waals surface area contributed by atoms with Crippen molar-refractivity contribution < 1.29 is 4.74 Å². The van der Waals surface area contributed by atoms with E-state index in [1.165, 1.54) is 19.4 Å². The molecule has 0 aliphatic carbocycles. The summed E-state index contributed by atoms with van der Waals surface area (Å²) in [6.45, 7) is 7.29. The van der Waals surface area contributed by atoms with Crippen molar-refractivity contribution in [2.75, 3.05) is 46.9 Å². The van der Waals surface area contributed by atoms with Crippen molar-refractivity contribution in [3.63, 3.8) is 0 Å². The van der Waals surface area contributed by atoms with E-state index in [1.807, 2.05) is 0 Å². The van der Waals surface area contributed by atoms with E-state index < -0.39 is 0 Å². The second-order valence-corrected chi connectivity index (χ2v) is 6.30. The first-order chi connectivity index (χ1) is 8.01. The Morgan fingerprint density at radius 1 is 1.47 bits per heavy atom. The number of nitrogens with two attached hydrogens (primary N) is 1. The summed E-state index contributed by atoms with van der Waals surface area (Å²) in [5.41, 5.74) is 6.32. The van der Waals surface area contributed by atoms with E-state index in [0.717, 1.165) is 26.3 Å². The number of hydrogen-bond donors (Lipinski definition) is 1. The molecule has 2 N–H and O–H groups in total. The fourth-order valence-electron chi connectivity index (χ4n) is 3.09. The Kier molecular flexibility index (Phi) is 4.08. The van der Waals surface area contributed by atoms with Crippen LogP contribution in [0.25, 0.3) is 0 Å². The van der Waals surface area contributed by atoms with Crippen LogP contribution >= 0.6 is 0 Å². The lowest BCUT2D eigenvalue weighted by molar-refractivity contribution is 0.104. The number of ether oxygens (including phenoxy) is 1. The largest absolute Gasteiger partial charge is 0.379 e. The molecule has 0 aromatic rings. The monoisotopic (exact) mass is 241 g/mol. The lowest BCUT2D eigenvalue weighted by atomic mass is 9.85. The zero-order valence-electron chi connectivity index (χ0n) is 11.5. The first-order valence-electron chi connectivity index (χ1n) is 6.73. The summed E-state index contributed by atoms with van der Waals surface area (Å²) in [7, 11) is 4.31. The maximum Gasteiger partial charge on any atom is 0.0624 e. The van der Waals surface area contributed by atoms with Crippen LogP contribution < -0.4 is 5.73 Å². The van der Waals surface area contributed by atoms with Crippen LogP contribution in [0.3, 0.4) is 0 Å². The zero-order valence-corrected chi connectivity index (χ0v) is 11.5. The number of likely N-dealkylation sites (tertiary alicyclic amines) is 1. The van der Waals surface area contributed by atoms with Crippen LogP contribution in [-0.4, -0.2) is 68.8 Å². The molecular formula is C13H27N3O. The van der Waals surface area contributed by atoms with Gasteiger partial charge >= 0.3 is 0 Å². The van der Waals surface area contributed by atoms with Gasteiger partial charge in [-0.2, -0.15) is 0 Å². The second-order valence-electron chi connectivity index (χ2n) is 6.30. The van der Waals surface area contributed by atoms with E-state index in [0.29, 0.717) is 6.04 Å². The number of likely N-dealkylation sites (N-methyl/N-ethyl adjacent to an activating group) is 1. The van der Waals surface area contributed by atoms with Gasteiger partial charge in [0.05, 0.1) is 13.2 Å². The van der Waals surface area contributed by atoms with Gasteiger partial charge in [0.1, 0.15) is 0 Å². The van der Waals surface area contributed by atoms with Crippen molar-refractivity contribution in [1.82, 2.24) is 9.80 Å². The van der Waals surface area contributed by atoms with Crippen LogP contribution in [0.4, 0.5) is 0 Å². The van der Waals surface area contributed by atoms with E-state index in [1.54, 1.807) is 0 Å². The lowest BCUT2D eigenvalue weighted by Gasteiger charge is -2.35. The smallest absolute Gasteiger partial charge is 0.0624 e. The van der Waals surface area contributed by atoms with E-state index in [9.17, 15) is 0 Å². The number of nitrogens with zero attached hydrogens (tertiary/aromatic N) is 2. The van der Waals surface area contributed by atoms with Crippen LogP contribution in [0.5, 0.6) is 0 Å². The fourth-order valence-corrected chi connectivity index (χ4v) is 3.09. The molecule has 0 spiro atoms. The van der Waals surface area contributed by atoms with Gasteiger partial charge in [0.15, 0.2) is 0 Å². The van der Waals surface area contributed by atoms with Gasteiger partial charge in [-0.25, -0.2) is 0 Å². The first kappa shape index (κ1) is 13.3. The third-order valence-corrected chi connectivity index (χ3v) is 4.26. The Bertz CT molecular complexity index is 259. The molecule has 2 aliphatic heterocycles. The third-order valence-electron chi connectivity index (χ3n) is 4.26. The van der Waals surface area contributed by atoms with Crippen LogP contribution in [0.1, 0.15) is 19.8 Å². The van der Waals surface area contributed by atoms with E-state index in [2.05, 4.69) is 30.8 Å². The zero-order chi connectivity index (χ0) is 12.5. The molecule has 0 aromatic heterocycles. The van der Waals surface area contributed by atoms with Crippen molar-refractivity contribution in [2.45, 2.75) is 31.8 Å². The third kappa shape index (κ3) is 2.99. The fraction of sp³-hybridized carbons (Fsp3) is 1.00. The highest BCUT2D eigenvalue weighted by Gasteiger charge is 2.41. The van der Waals surface area contributed by atoms with Gasteiger partial charge in [-0.15, -0.1) is 0 Å². The Labute approximate surface area is 105 Å². The summed E-state index contributed by atoms with van der Waals surface area (Å²) in [6.07, 6.45) is 2.65. The van der Waals surface area contributed by atoms with Crippen LogP contribution in [-0.2, 0) is 4.74 Å². The maximum atomic E-state index is 6.18. The normalized spacial score (nSPS) is 39.4. The average Bonchev–Trinajstić information content (AvgIpc) is 2.76. The Hall–Kier alpha value is -0.160. The highest BCUT2D eigenvalue weighted by Crippen LogP contribution is 2.31. The lowest BCUT2D eigenvalue weighted by Crippen LogP contribution is -2.49. The highest BCUT2D eigenvalue weighted by molar-refractivity contribution is 4.95. The molecule has 0 aromatic carbocycles. The van der Waals surface area contributed by atoms with E-state index in [-0.39, 0.29) is 11.5 Å². The van der Waals surface area contributed by atoms with Crippen LogP contribution in [0, 0.1) is 5.41 Å². The molecule has 0 saturated carbocycles. The quantitative estimate of drug-likeness (QED) is 0.772. The SMILES string of the molecule is CN(C)CC1CCCN1CC1(C)COCC1N. The molecule has 2 fully saturated rings. The van der Waals surface area contributed by atoms with Gasteiger partial charge in [-0.05, 0) is 33.5 Å². The first-order valence-corrected chi connectivity index (χ1v) is 6.73. The van der Waals surface area contributed by atoms with Crippen molar-refractivity contribution in [3.05, 3.63) is 0 Å². The topological polar surface area (TPSA) is 41.7 Å². The van der Waals surface area contributed by atoms with Crippen LogP contribution in [0.2, 0.25) is 0 Å². The predicted molar refractivity (Wildman–Crippen MR) is 70.1 cm³/mol. The summed E-state index contributed by atoms with van der Waals surface area (Å²) in [6, 6.07) is 0.901. The molecule has 2 aliphatic rings. The van der Waals surface area contributed by atoms with Gasteiger partial charge in [-0.1, -0.05) is 6.92 Å². The molecule has 4 heteroatoms. The van der Waals surface area contributed by atoms with Gasteiger partial charge in [0, 0.05) is 30.6 Å². The molecule has 0 amide bonds. The second kappa shape index (κ2) is 5.22. The Balaban J connectivity index is 1.93. The minimum atomic E-state index is 0.148. The van der Waals surface area contributed by atoms with Crippen LogP contribution in [0.15, 0.2) is 0 Å². The number of hydrogen-bond acceptors (Lipinski definition) is 4. The molecular weight excluding hydrogens is 214 g/mol. The van der Waals surface area contributed by atoms with Gasteiger partial charge in [-0.3, -0.25) is 4.90 Å². The predicted octanol–water partition coefficient (Wildman–Crippen LogP) is 0.376. The summed E-state index contributed by atoms with van der Waals surface area (Å²) in [5.74, 6) is 0. The van der Waals surface area contributed by atoms with Gasteiger partial charge < -0.3 is 15.4 Å². The molecule has 3 atom stereocenters. The molecule has 0 bridgehead atoms. The van der Waals surface area contributed by atoms with Crippen molar-refractivity contribution in [3.8, 4) is 0 Å².